The van der Waals surface area contributed by atoms with E-state index in [1.165, 1.54) is 44.6 Å². The molecule has 0 saturated heterocycles. The molecule has 9 heteroatoms. The fourth-order valence-electron chi connectivity index (χ4n) is 2.35. The molecule has 1 N–H and O–H groups in total. The van der Waals surface area contributed by atoms with Crippen LogP contribution in [0.1, 0.15) is 12.0 Å². The van der Waals surface area contributed by atoms with Crippen LogP contribution in [0.25, 0.3) is 0 Å². The van der Waals surface area contributed by atoms with Crippen LogP contribution in [0.5, 0.6) is 17.2 Å². The number of methoxy groups -OCH3 is 2. The second-order valence-electron chi connectivity index (χ2n) is 5.39. The van der Waals surface area contributed by atoms with Crippen LogP contribution in [-0.4, -0.2) is 26.5 Å². The number of rotatable bonds is 7. The van der Waals surface area contributed by atoms with Gasteiger partial charge >= 0.3 is 6.36 Å². The van der Waals surface area contributed by atoms with Crippen molar-refractivity contribution in [2.24, 2.45) is 0 Å². The molecule has 2 aromatic carbocycles. The minimum atomic E-state index is -4.80. The number of alkyl halides is 3. The third-order valence-corrected chi connectivity index (χ3v) is 3.86. The molecule has 0 fully saturated rings. The molecule has 1 amide bonds. The van der Waals surface area contributed by atoms with Crippen LogP contribution in [0, 0.1) is 0 Å². The predicted octanol–water partition coefficient (Wildman–Crippen LogP) is 4.83. The van der Waals surface area contributed by atoms with Gasteiger partial charge in [-0.3, -0.25) is 4.79 Å². The average Bonchev–Trinajstić information content (AvgIpc) is 2.60. The number of nitrogens with one attached hydrogen (secondary N) is 1. The molecule has 0 aliphatic heterocycles. The molecule has 0 unspecified atom stereocenters. The average molecular weight is 404 g/mol. The summed E-state index contributed by atoms with van der Waals surface area (Å²) < 4.78 is 51.6. The van der Waals surface area contributed by atoms with Crippen LogP contribution in [-0.2, 0) is 11.2 Å². The fourth-order valence-corrected chi connectivity index (χ4v) is 2.59. The minimum absolute atomic E-state index is 0.0598. The lowest BCUT2D eigenvalue weighted by Crippen LogP contribution is -2.18. The molecule has 2 rings (SSSR count). The van der Waals surface area contributed by atoms with Crippen molar-refractivity contribution >= 4 is 23.2 Å². The first-order chi connectivity index (χ1) is 12.7. The number of hydrogen-bond acceptors (Lipinski definition) is 4. The Kier molecular flexibility index (Phi) is 6.79. The molecule has 146 valence electrons. The highest BCUT2D eigenvalue weighted by Crippen LogP contribution is 2.36. The molecular weight excluding hydrogens is 387 g/mol. The predicted molar refractivity (Wildman–Crippen MR) is 94.6 cm³/mol. The zero-order chi connectivity index (χ0) is 20.0. The Morgan fingerprint density at radius 2 is 1.74 bits per heavy atom. The monoisotopic (exact) mass is 403 g/mol. The summed E-state index contributed by atoms with van der Waals surface area (Å²) >= 11 is 6.04. The van der Waals surface area contributed by atoms with Gasteiger partial charge in [0.25, 0.3) is 0 Å². The molecule has 0 saturated carbocycles. The van der Waals surface area contributed by atoms with E-state index in [4.69, 9.17) is 21.1 Å². The third kappa shape index (κ3) is 5.96. The Morgan fingerprint density at radius 3 is 2.37 bits per heavy atom. The maximum atomic E-state index is 12.5. The van der Waals surface area contributed by atoms with Gasteiger partial charge in [-0.15, -0.1) is 13.2 Å². The highest BCUT2D eigenvalue weighted by molar-refractivity contribution is 6.32. The number of carbonyl (C=O) groups is 1. The first-order valence-electron chi connectivity index (χ1n) is 7.78. The van der Waals surface area contributed by atoms with Crippen LogP contribution in [0.15, 0.2) is 36.4 Å². The van der Waals surface area contributed by atoms with Crippen molar-refractivity contribution < 1.29 is 32.2 Å². The van der Waals surface area contributed by atoms with Crippen LogP contribution < -0.4 is 19.5 Å². The molecule has 27 heavy (non-hydrogen) atoms. The summed E-state index contributed by atoms with van der Waals surface area (Å²) in [4.78, 5) is 12.2. The lowest BCUT2D eigenvalue weighted by Gasteiger charge is -2.14. The van der Waals surface area contributed by atoms with Gasteiger partial charge in [0.05, 0.1) is 24.9 Å². The van der Waals surface area contributed by atoms with Gasteiger partial charge in [-0.2, -0.15) is 0 Å². The van der Waals surface area contributed by atoms with Crippen molar-refractivity contribution in [2.75, 3.05) is 19.5 Å². The second kappa shape index (κ2) is 8.85. The molecule has 0 bridgehead atoms. The second-order valence-corrected chi connectivity index (χ2v) is 5.80. The van der Waals surface area contributed by atoms with E-state index in [0.717, 1.165) is 0 Å². The summed E-state index contributed by atoms with van der Waals surface area (Å²) in [6.07, 6.45) is -4.80. The zero-order valence-electron chi connectivity index (χ0n) is 14.5. The van der Waals surface area contributed by atoms with Gasteiger partial charge in [-0.1, -0.05) is 29.8 Å². The molecule has 0 atom stereocenters. The molecule has 0 aromatic heterocycles. The Balaban J connectivity index is 2.07. The largest absolute Gasteiger partial charge is 0.573 e. The van der Waals surface area contributed by atoms with Gasteiger partial charge in [-0.05, 0) is 24.1 Å². The summed E-state index contributed by atoms with van der Waals surface area (Å²) in [5.41, 5.74) is 0.595. The van der Waals surface area contributed by atoms with Crippen molar-refractivity contribution in [1.82, 2.24) is 0 Å². The van der Waals surface area contributed by atoms with Crippen molar-refractivity contribution in [3.63, 3.8) is 0 Å². The Morgan fingerprint density at radius 1 is 1.07 bits per heavy atom. The normalized spacial score (nSPS) is 11.0. The fraction of sp³-hybridized carbons (Fsp3) is 0.278. The zero-order valence-corrected chi connectivity index (χ0v) is 15.3. The van der Waals surface area contributed by atoms with E-state index in [1.807, 2.05) is 0 Å². The van der Waals surface area contributed by atoms with Crippen LogP contribution >= 0.6 is 11.6 Å². The van der Waals surface area contributed by atoms with E-state index in [1.54, 1.807) is 6.07 Å². The van der Waals surface area contributed by atoms with Crippen LogP contribution in [0.3, 0.4) is 0 Å². The van der Waals surface area contributed by atoms with Crippen molar-refractivity contribution in [3.05, 3.63) is 47.0 Å². The maximum Gasteiger partial charge on any atom is 0.573 e. The summed E-state index contributed by atoms with van der Waals surface area (Å²) in [5, 5.41) is 2.90. The Hall–Kier alpha value is -2.61. The van der Waals surface area contributed by atoms with E-state index in [0.29, 0.717) is 17.2 Å². The summed E-state index contributed by atoms with van der Waals surface area (Å²) in [6.45, 7) is 0. The Labute approximate surface area is 159 Å². The maximum absolute atomic E-state index is 12.5. The molecule has 0 aliphatic rings. The smallest absolute Gasteiger partial charge is 0.495 e. The standard InChI is InChI=1S/C18H17ClF3NO4/c1-25-15-10-16(26-2)13(9-12(15)19)23-17(24)8-7-11-5-3-4-6-14(11)27-18(20,21)22/h3-6,9-10H,7-8H2,1-2H3,(H,23,24). The number of aryl methyl sites for hydroxylation is 1. The molecule has 0 radical (unpaired) electrons. The van der Waals surface area contributed by atoms with Gasteiger partial charge in [0.1, 0.15) is 17.2 Å². The van der Waals surface area contributed by atoms with Crippen LogP contribution in [0.2, 0.25) is 5.02 Å². The summed E-state index contributed by atoms with van der Waals surface area (Å²) in [6, 6.07) is 8.66. The highest BCUT2D eigenvalue weighted by atomic mass is 35.5. The molecule has 5 nitrogen and oxygen atoms in total. The van der Waals surface area contributed by atoms with Crippen molar-refractivity contribution in [1.29, 1.82) is 0 Å². The number of hydrogen-bond donors (Lipinski definition) is 1. The first kappa shape index (κ1) is 20.7. The van der Waals surface area contributed by atoms with Gasteiger partial charge in [0.2, 0.25) is 5.91 Å². The lowest BCUT2D eigenvalue weighted by atomic mass is 10.1. The number of ether oxygens (including phenoxy) is 3. The number of amides is 1. The van der Waals surface area contributed by atoms with Gasteiger partial charge in [0, 0.05) is 12.5 Å². The first-order valence-corrected chi connectivity index (χ1v) is 8.16. The summed E-state index contributed by atoms with van der Waals surface area (Å²) in [7, 11) is 2.86. The lowest BCUT2D eigenvalue weighted by molar-refractivity contribution is -0.274. The van der Waals surface area contributed by atoms with E-state index in [-0.39, 0.29) is 29.2 Å². The van der Waals surface area contributed by atoms with Gasteiger partial charge in [-0.25, -0.2) is 0 Å². The quantitative estimate of drug-likeness (QED) is 0.719. The Bertz CT molecular complexity index is 812. The van der Waals surface area contributed by atoms with E-state index in [9.17, 15) is 18.0 Å². The summed E-state index contributed by atoms with van der Waals surface area (Å²) in [5.74, 6) is -0.0330. The molecular formula is C18H17ClF3NO4. The molecule has 0 aliphatic carbocycles. The van der Waals surface area contributed by atoms with Gasteiger partial charge in [0.15, 0.2) is 0 Å². The van der Waals surface area contributed by atoms with Crippen molar-refractivity contribution in [2.45, 2.75) is 19.2 Å². The highest BCUT2D eigenvalue weighted by Gasteiger charge is 2.32. The SMILES string of the molecule is COc1cc(OC)c(NC(=O)CCc2ccccc2OC(F)(F)F)cc1Cl. The van der Waals surface area contributed by atoms with E-state index >= 15 is 0 Å². The number of carbonyl (C=O) groups excluding carboxylic acids is 1. The van der Waals surface area contributed by atoms with Gasteiger partial charge < -0.3 is 19.5 Å². The number of benzene rings is 2. The number of anilines is 1. The number of para-hydroxylation sites is 1. The molecule has 2 aromatic rings. The van der Waals surface area contributed by atoms with E-state index < -0.39 is 12.3 Å². The molecule has 0 spiro atoms. The van der Waals surface area contributed by atoms with Crippen molar-refractivity contribution in [3.8, 4) is 17.2 Å². The van der Waals surface area contributed by atoms with E-state index in [2.05, 4.69) is 10.1 Å². The topological polar surface area (TPSA) is 56.8 Å². The van der Waals surface area contributed by atoms with Crippen LogP contribution in [0.4, 0.5) is 18.9 Å². The number of halogens is 4. The molecule has 0 heterocycles. The minimum Gasteiger partial charge on any atom is -0.495 e. The third-order valence-electron chi connectivity index (χ3n) is 3.57.